The Labute approximate surface area is 653 Å². The van der Waals surface area contributed by atoms with E-state index in [4.69, 9.17) is 28.4 Å². The van der Waals surface area contributed by atoms with Crippen molar-refractivity contribution >= 4 is 0 Å². The summed E-state index contributed by atoms with van der Waals surface area (Å²) in [7, 11) is 0. The highest BCUT2D eigenvalue weighted by atomic mass is 16.5. The third kappa shape index (κ3) is 19.5. The lowest BCUT2D eigenvalue weighted by Gasteiger charge is -2.28. The van der Waals surface area contributed by atoms with Crippen LogP contribution in [0.1, 0.15) is 341 Å². The summed E-state index contributed by atoms with van der Waals surface area (Å²) >= 11 is 0. The van der Waals surface area contributed by atoms with E-state index in [-0.39, 0.29) is 54.8 Å². The van der Waals surface area contributed by atoms with Gasteiger partial charge in [-0.25, -0.2) is 0 Å². The van der Waals surface area contributed by atoms with Crippen LogP contribution in [0, 0.1) is 0 Å². The SMILES string of the molecule is CCOc1c2cc(C(C)(C)C)cc1Cc1cc(C(C)(C)C)cc(c1OCC)Cc1cc(C(C)(C)C)cc(c1O)Cc1cc(C(C)(C)C)cc(c1OCC)Cc1cc(C(C)(C)C)cc(c1OCC)Cc1cc(C(C)(C)C)cc(c1OCC)Cc1cc(C(C)(C)C)cc(c1OCC)Cc1cc(C(C)(C)C)cc(c1O)C2. The average Bonchev–Trinajstić information content (AvgIpc) is 0.772. The summed E-state index contributed by atoms with van der Waals surface area (Å²) in [6.07, 6.45) is 3.84. The van der Waals surface area contributed by atoms with Crippen molar-refractivity contribution < 1.29 is 38.6 Å². The van der Waals surface area contributed by atoms with E-state index in [1.807, 2.05) is 0 Å². The monoisotopic (exact) mass is 1470 g/mol. The maximum atomic E-state index is 13.4. The van der Waals surface area contributed by atoms with E-state index in [1.54, 1.807) is 0 Å². The third-order valence-corrected chi connectivity index (χ3v) is 21.7. The Kier molecular flexibility index (Phi) is 25.1. The van der Waals surface area contributed by atoms with Crippen molar-refractivity contribution in [3.05, 3.63) is 231 Å². The van der Waals surface area contributed by atoms with Gasteiger partial charge in [-0.05, 0) is 218 Å². The normalized spacial score (nSPS) is 13.8. The van der Waals surface area contributed by atoms with Crippen molar-refractivity contribution in [1.82, 2.24) is 0 Å². The number of hydrogen-bond donors (Lipinski definition) is 2. The molecule has 1 aliphatic rings. The van der Waals surface area contributed by atoms with E-state index < -0.39 is 0 Å². The van der Waals surface area contributed by atoms with E-state index in [9.17, 15) is 10.2 Å². The van der Waals surface area contributed by atoms with Crippen LogP contribution in [0.5, 0.6) is 46.0 Å². The minimum atomic E-state index is -0.272. The van der Waals surface area contributed by atoms with Gasteiger partial charge in [-0.1, -0.05) is 263 Å². The van der Waals surface area contributed by atoms with Crippen LogP contribution >= 0.6 is 0 Å². The van der Waals surface area contributed by atoms with Crippen molar-refractivity contribution in [2.75, 3.05) is 39.6 Å². The predicted octanol–water partition coefficient (Wildman–Crippen LogP) is 24.9. The topological polar surface area (TPSA) is 95.8 Å². The standard InChI is InChI=1S/C100H136O8/c1-31-103-87-65-37-61-45-77(93(7,8)9)47-63(85(61)101)39-67-51-81(97(19,20)21)55-71(89(67)105-33-3)42-73-57-83(99(25,26)27)59-75(91(73)107-35-5)44-76-60-84(100(28,29)30)58-74(92(76)108-36-6)43-72-56-82(98(22,23)24)52-68(90(72)106-34-4)40-64-48-78(94(10,11)12)46-62(86(64)102)38-66-50-80(96(16,17)18)54-70(88(66)104-32-2)41-69(87)53-79(49-65)95(13,14)15/h45-60,101-102H,31-44H2,1-30H3. The van der Waals surface area contributed by atoms with Gasteiger partial charge >= 0.3 is 0 Å². The summed E-state index contributed by atoms with van der Waals surface area (Å²) in [5.41, 5.74) is 23.5. The van der Waals surface area contributed by atoms with Gasteiger partial charge in [0.1, 0.15) is 46.0 Å². The molecule has 1 aliphatic carbocycles. The zero-order valence-corrected chi connectivity index (χ0v) is 72.5. The lowest BCUT2D eigenvalue weighted by Crippen LogP contribution is -2.17. The molecule has 16 bridgehead atoms. The number of fused-ring (bicyclic) bond motifs is 16. The number of rotatable bonds is 12. The second kappa shape index (κ2) is 32.2. The smallest absolute Gasteiger partial charge is 0.126 e. The van der Waals surface area contributed by atoms with Crippen molar-refractivity contribution in [1.29, 1.82) is 0 Å². The van der Waals surface area contributed by atoms with E-state index >= 15 is 0 Å². The Bertz CT molecular complexity index is 4260. The molecule has 8 nitrogen and oxygen atoms in total. The highest BCUT2D eigenvalue weighted by Crippen LogP contribution is 2.48. The number of ether oxygens (including phenoxy) is 6. The van der Waals surface area contributed by atoms with Gasteiger partial charge in [-0.3, -0.25) is 0 Å². The van der Waals surface area contributed by atoms with E-state index in [2.05, 4.69) is 305 Å². The van der Waals surface area contributed by atoms with Crippen LogP contribution in [0.25, 0.3) is 0 Å². The number of phenols is 2. The van der Waals surface area contributed by atoms with Crippen LogP contribution in [0.3, 0.4) is 0 Å². The molecule has 8 aromatic carbocycles. The molecular weight excluding hydrogens is 1330 g/mol. The Morgan fingerprint density at radius 2 is 0.278 bits per heavy atom. The van der Waals surface area contributed by atoms with Crippen LogP contribution in [-0.2, 0) is 94.7 Å². The number of phenolic OH excluding ortho intramolecular Hbond substituents is 2. The van der Waals surface area contributed by atoms with Crippen LogP contribution in [0.15, 0.2) is 97.1 Å². The Morgan fingerprint density at radius 1 is 0.185 bits per heavy atom. The fraction of sp³-hybridized carbons (Fsp3) is 0.520. The van der Waals surface area contributed by atoms with Crippen LogP contribution in [-0.4, -0.2) is 49.9 Å². The second-order valence-electron chi connectivity index (χ2n) is 39.0. The zero-order chi connectivity index (χ0) is 79.9. The van der Waals surface area contributed by atoms with Crippen LogP contribution < -0.4 is 28.4 Å². The first-order valence-electron chi connectivity index (χ1n) is 40.5. The summed E-state index contributed by atoms with van der Waals surface area (Å²) in [6, 6.07) is 37.2. The van der Waals surface area contributed by atoms with Gasteiger partial charge in [0.25, 0.3) is 0 Å². The molecular formula is C100H136O8. The zero-order valence-electron chi connectivity index (χ0n) is 72.5. The fourth-order valence-electron chi connectivity index (χ4n) is 15.2. The highest BCUT2D eigenvalue weighted by molar-refractivity contribution is 5.63. The summed E-state index contributed by atoms with van der Waals surface area (Å²) in [6.45, 7) is 70.1. The summed E-state index contributed by atoms with van der Waals surface area (Å²) in [5, 5.41) is 26.7. The summed E-state index contributed by atoms with van der Waals surface area (Å²) < 4.78 is 42.4. The van der Waals surface area contributed by atoms with Gasteiger partial charge in [0.15, 0.2) is 0 Å². The average molecular weight is 1470 g/mol. The molecule has 2 N–H and O–H groups in total. The lowest BCUT2D eigenvalue weighted by atomic mass is 9.79. The van der Waals surface area contributed by atoms with Crippen molar-refractivity contribution in [2.24, 2.45) is 0 Å². The molecule has 0 atom stereocenters. The van der Waals surface area contributed by atoms with Gasteiger partial charge in [-0.15, -0.1) is 0 Å². The molecule has 584 valence electrons. The molecule has 0 saturated heterocycles. The third-order valence-electron chi connectivity index (χ3n) is 21.7. The van der Waals surface area contributed by atoms with Gasteiger partial charge in [0.05, 0.1) is 39.6 Å². The van der Waals surface area contributed by atoms with E-state index in [1.165, 1.54) is 33.4 Å². The van der Waals surface area contributed by atoms with Crippen molar-refractivity contribution in [3.8, 4) is 46.0 Å². The molecule has 8 heteroatoms. The second-order valence-corrected chi connectivity index (χ2v) is 39.0. The molecule has 0 fully saturated rings. The van der Waals surface area contributed by atoms with E-state index in [0.717, 1.165) is 135 Å². The number of aromatic hydroxyl groups is 2. The first-order chi connectivity index (χ1) is 50.1. The summed E-state index contributed by atoms with van der Waals surface area (Å²) in [5.74, 6) is 5.60. The molecule has 0 heterocycles. The lowest BCUT2D eigenvalue weighted by molar-refractivity contribution is 0.327. The molecule has 0 unspecified atom stereocenters. The molecule has 0 spiro atoms. The maximum absolute atomic E-state index is 13.4. The molecule has 0 aliphatic heterocycles. The Hall–Kier alpha value is -7.84. The molecule has 9 rings (SSSR count). The minimum absolute atomic E-state index is 0.231. The van der Waals surface area contributed by atoms with Crippen molar-refractivity contribution in [2.45, 2.75) is 302 Å². The first-order valence-corrected chi connectivity index (χ1v) is 40.5. The van der Waals surface area contributed by atoms with E-state index in [0.29, 0.717) is 91.0 Å². The van der Waals surface area contributed by atoms with Crippen molar-refractivity contribution in [3.63, 3.8) is 0 Å². The van der Waals surface area contributed by atoms with Gasteiger partial charge in [0, 0.05) is 51.4 Å². The van der Waals surface area contributed by atoms with Gasteiger partial charge in [-0.2, -0.15) is 0 Å². The Balaban J connectivity index is 1.44. The summed E-state index contributed by atoms with van der Waals surface area (Å²) in [4.78, 5) is 0. The maximum Gasteiger partial charge on any atom is 0.126 e. The first kappa shape index (κ1) is 84.2. The fourth-order valence-corrected chi connectivity index (χ4v) is 15.2. The largest absolute Gasteiger partial charge is 0.507 e. The van der Waals surface area contributed by atoms with Crippen LogP contribution in [0.2, 0.25) is 0 Å². The number of benzene rings is 8. The molecule has 0 radical (unpaired) electrons. The molecule has 0 saturated carbocycles. The molecule has 108 heavy (non-hydrogen) atoms. The molecule has 8 aromatic rings. The Morgan fingerprint density at radius 3 is 0.370 bits per heavy atom. The molecule has 0 aromatic heterocycles. The van der Waals surface area contributed by atoms with Gasteiger partial charge in [0.2, 0.25) is 0 Å². The predicted molar refractivity (Wildman–Crippen MR) is 454 cm³/mol. The van der Waals surface area contributed by atoms with Crippen LogP contribution in [0.4, 0.5) is 0 Å². The quantitative estimate of drug-likeness (QED) is 0.125. The number of hydrogen-bond acceptors (Lipinski definition) is 8. The minimum Gasteiger partial charge on any atom is -0.507 e. The molecule has 0 amide bonds. The van der Waals surface area contributed by atoms with Gasteiger partial charge < -0.3 is 38.6 Å². The highest BCUT2D eigenvalue weighted by Gasteiger charge is 2.33.